The van der Waals surface area contributed by atoms with Gasteiger partial charge in [-0.25, -0.2) is 4.79 Å². The fraction of sp³-hybridized carbons (Fsp3) is 0.500. The van der Waals surface area contributed by atoms with E-state index in [4.69, 9.17) is 10.8 Å². The van der Waals surface area contributed by atoms with Crippen LogP contribution in [0.15, 0.2) is 18.2 Å². The lowest BCUT2D eigenvalue weighted by atomic mass is 9.99. The highest BCUT2D eigenvalue weighted by atomic mass is 16.4. The lowest BCUT2D eigenvalue weighted by molar-refractivity contribution is 0.0697. The number of carboxylic acids is 1. The van der Waals surface area contributed by atoms with Gasteiger partial charge in [0, 0.05) is 18.8 Å². The van der Waals surface area contributed by atoms with Crippen LogP contribution in [0.3, 0.4) is 0 Å². The molecule has 98 valence electrons. The summed E-state index contributed by atoms with van der Waals surface area (Å²) in [4.78, 5) is 13.2. The van der Waals surface area contributed by atoms with Crippen molar-refractivity contribution in [1.82, 2.24) is 4.90 Å². The fourth-order valence-corrected chi connectivity index (χ4v) is 2.54. The van der Waals surface area contributed by atoms with E-state index >= 15 is 0 Å². The Bertz CT molecular complexity index is 445. The van der Waals surface area contributed by atoms with Gasteiger partial charge in [-0.05, 0) is 43.0 Å². The number of carboxylic acid groups (broad SMARTS) is 1. The first-order valence-corrected chi connectivity index (χ1v) is 6.40. The van der Waals surface area contributed by atoms with Gasteiger partial charge < -0.3 is 10.8 Å². The number of rotatable bonds is 3. The summed E-state index contributed by atoms with van der Waals surface area (Å²) in [5.74, 6) is -0.196. The molecule has 1 aromatic carbocycles. The molecule has 1 unspecified atom stereocenters. The number of carbonyl (C=O) groups is 1. The third kappa shape index (κ3) is 3.01. The number of benzene rings is 1. The normalized spacial score (nSPS) is 20.8. The average Bonchev–Trinajstić information content (AvgIpc) is 2.31. The Balaban J connectivity index is 2.07. The SMILES string of the molecule is CC1CCCN(Cc2ccc(C(=O)O)cc2N)C1. The molecule has 0 amide bonds. The van der Waals surface area contributed by atoms with Gasteiger partial charge >= 0.3 is 5.97 Å². The Kier molecular flexibility index (Phi) is 3.87. The molecular weight excluding hydrogens is 228 g/mol. The van der Waals surface area contributed by atoms with Crippen LogP contribution in [0.5, 0.6) is 0 Å². The van der Waals surface area contributed by atoms with Crippen LogP contribution >= 0.6 is 0 Å². The van der Waals surface area contributed by atoms with E-state index in [0.717, 1.165) is 31.1 Å². The van der Waals surface area contributed by atoms with Crippen LogP contribution in [0.2, 0.25) is 0 Å². The second-order valence-electron chi connectivity index (χ2n) is 5.20. The van der Waals surface area contributed by atoms with Crippen LogP contribution in [0, 0.1) is 5.92 Å². The summed E-state index contributed by atoms with van der Waals surface area (Å²) in [5, 5.41) is 8.89. The predicted octanol–water partition coefficient (Wildman–Crippen LogP) is 2.20. The molecular formula is C14H20N2O2. The number of hydrogen-bond acceptors (Lipinski definition) is 3. The Labute approximate surface area is 107 Å². The minimum Gasteiger partial charge on any atom is -0.478 e. The summed E-state index contributed by atoms with van der Waals surface area (Å²) in [5.41, 5.74) is 7.77. The van der Waals surface area contributed by atoms with Crippen molar-refractivity contribution in [3.8, 4) is 0 Å². The van der Waals surface area contributed by atoms with Crippen molar-refractivity contribution < 1.29 is 9.90 Å². The number of hydrogen-bond donors (Lipinski definition) is 2. The van der Waals surface area contributed by atoms with Gasteiger partial charge in [-0.3, -0.25) is 4.90 Å². The Morgan fingerprint density at radius 2 is 2.33 bits per heavy atom. The summed E-state index contributed by atoms with van der Waals surface area (Å²) in [6.45, 7) is 5.28. The lowest BCUT2D eigenvalue weighted by Crippen LogP contribution is -2.33. The van der Waals surface area contributed by atoms with Crippen LogP contribution in [0.1, 0.15) is 35.7 Å². The topological polar surface area (TPSA) is 66.6 Å². The number of aromatic carboxylic acids is 1. The van der Waals surface area contributed by atoms with Gasteiger partial charge in [0.25, 0.3) is 0 Å². The van der Waals surface area contributed by atoms with Crippen molar-refractivity contribution >= 4 is 11.7 Å². The summed E-state index contributed by atoms with van der Waals surface area (Å²) >= 11 is 0. The largest absolute Gasteiger partial charge is 0.478 e. The van der Waals surface area contributed by atoms with E-state index in [2.05, 4.69) is 11.8 Å². The zero-order valence-electron chi connectivity index (χ0n) is 10.7. The highest BCUT2D eigenvalue weighted by molar-refractivity contribution is 5.88. The van der Waals surface area contributed by atoms with E-state index < -0.39 is 5.97 Å². The molecule has 1 aliphatic rings. The van der Waals surface area contributed by atoms with Crippen molar-refractivity contribution in [2.24, 2.45) is 5.92 Å². The Morgan fingerprint density at radius 1 is 1.56 bits per heavy atom. The van der Waals surface area contributed by atoms with Crippen LogP contribution < -0.4 is 5.73 Å². The monoisotopic (exact) mass is 248 g/mol. The molecule has 4 heteroatoms. The molecule has 18 heavy (non-hydrogen) atoms. The first-order valence-electron chi connectivity index (χ1n) is 6.40. The van der Waals surface area contributed by atoms with Crippen molar-refractivity contribution in [3.05, 3.63) is 29.3 Å². The number of likely N-dealkylation sites (tertiary alicyclic amines) is 1. The number of nitrogens with two attached hydrogens (primary N) is 1. The molecule has 2 rings (SSSR count). The molecule has 1 heterocycles. The van der Waals surface area contributed by atoms with Crippen LogP contribution in [-0.4, -0.2) is 29.1 Å². The first-order chi connectivity index (χ1) is 8.56. The maximum absolute atomic E-state index is 10.8. The maximum atomic E-state index is 10.8. The highest BCUT2D eigenvalue weighted by Crippen LogP contribution is 2.21. The Hall–Kier alpha value is -1.55. The average molecular weight is 248 g/mol. The van der Waals surface area contributed by atoms with E-state index in [1.165, 1.54) is 12.8 Å². The van der Waals surface area contributed by atoms with Gasteiger partial charge in [-0.2, -0.15) is 0 Å². The van der Waals surface area contributed by atoms with Crippen molar-refractivity contribution in [1.29, 1.82) is 0 Å². The van der Waals surface area contributed by atoms with Gasteiger partial charge in [0.1, 0.15) is 0 Å². The Morgan fingerprint density at radius 3 is 2.94 bits per heavy atom. The molecule has 0 saturated carbocycles. The quantitative estimate of drug-likeness (QED) is 0.805. The molecule has 1 atom stereocenters. The second-order valence-corrected chi connectivity index (χ2v) is 5.20. The van der Waals surface area contributed by atoms with Gasteiger partial charge in [-0.1, -0.05) is 13.0 Å². The van der Waals surface area contributed by atoms with Crippen molar-refractivity contribution in [3.63, 3.8) is 0 Å². The van der Waals surface area contributed by atoms with E-state index in [9.17, 15) is 4.79 Å². The zero-order chi connectivity index (χ0) is 13.1. The van der Waals surface area contributed by atoms with Gasteiger partial charge in [0.15, 0.2) is 0 Å². The van der Waals surface area contributed by atoms with Crippen molar-refractivity contribution in [2.45, 2.75) is 26.3 Å². The predicted molar refractivity (Wildman–Crippen MR) is 71.5 cm³/mol. The van der Waals surface area contributed by atoms with E-state index in [0.29, 0.717) is 5.69 Å². The summed E-state index contributed by atoms with van der Waals surface area (Å²) in [6, 6.07) is 5.00. The maximum Gasteiger partial charge on any atom is 0.335 e. The molecule has 1 aromatic rings. The number of nitrogens with zero attached hydrogens (tertiary/aromatic N) is 1. The summed E-state index contributed by atoms with van der Waals surface area (Å²) < 4.78 is 0. The van der Waals surface area contributed by atoms with Crippen LogP contribution in [-0.2, 0) is 6.54 Å². The third-order valence-electron chi connectivity index (χ3n) is 3.53. The number of piperidine rings is 1. The molecule has 0 aliphatic carbocycles. The van der Waals surface area contributed by atoms with E-state index in [-0.39, 0.29) is 5.56 Å². The van der Waals surface area contributed by atoms with Crippen molar-refractivity contribution in [2.75, 3.05) is 18.8 Å². The number of nitrogen functional groups attached to an aromatic ring is 1. The molecule has 3 N–H and O–H groups in total. The molecule has 1 aliphatic heterocycles. The van der Waals surface area contributed by atoms with E-state index in [1.54, 1.807) is 12.1 Å². The summed E-state index contributed by atoms with van der Waals surface area (Å²) in [6.07, 6.45) is 2.53. The van der Waals surface area contributed by atoms with Crippen LogP contribution in [0.25, 0.3) is 0 Å². The molecule has 1 saturated heterocycles. The minimum absolute atomic E-state index is 0.253. The molecule has 0 spiro atoms. The van der Waals surface area contributed by atoms with E-state index in [1.807, 2.05) is 6.07 Å². The molecule has 4 nitrogen and oxygen atoms in total. The molecule has 1 fully saturated rings. The first kappa shape index (κ1) is 12.9. The van der Waals surface area contributed by atoms with Gasteiger partial charge in [-0.15, -0.1) is 0 Å². The fourth-order valence-electron chi connectivity index (χ4n) is 2.54. The molecule has 0 aromatic heterocycles. The van der Waals surface area contributed by atoms with Gasteiger partial charge in [0.05, 0.1) is 5.56 Å². The number of anilines is 1. The molecule has 0 bridgehead atoms. The minimum atomic E-state index is -0.931. The zero-order valence-corrected chi connectivity index (χ0v) is 10.7. The molecule has 0 radical (unpaired) electrons. The third-order valence-corrected chi connectivity index (χ3v) is 3.53. The van der Waals surface area contributed by atoms with Crippen LogP contribution in [0.4, 0.5) is 5.69 Å². The second kappa shape index (κ2) is 5.40. The highest BCUT2D eigenvalue weighted by Gasteiger charge is 2.17. The van der Waals surface area contributed by atoms with Gasteiger partial charge in [0.2, 0.25) is 0 Å². The standard InChI is InChI=1S/C14H20N2O2/c1-10-3-2-6-16(8-10)9-12-5-4-11(14(17)18)7-13(12)15/h4-5,7,10H,2-3,6,8-9,15H2,1H3,(H,17,18). The smallest absolute Gasteiger partial charge is 0.335 e. The lowest BCUT2D eigenvalue weighted by Gasteiger charge is -2.31. The summed E-state index contributed by atoms with van der Waals surface area (Å²) in [7, 11) is 0.